The van der Waals surface area contributed by atoms with Gasteiger partial charge in [-0.05, 0) is 97.1 Å². The molecule has 0 unspecified atom stereocenters. The fourth-order valence-corrected chi connectivity index (χ4v) is 9.71. The van der Waals surface area contributed by atoms with Gasteiger partial charge in [0.1, 0.15) is 0 Å². The van der Waals surface area contributed by atoms with E-state index in [9.17, 15) is 0 Å². The quantitative estimate of drug-likeness (QED) is 0.169. The van der Waals surface area contributed by atoms with Crippen LogP contribution in [0, 0.1) is 0 Å². The van der Waals surface area contributed by atoms with E-state index in [1.54, 1.807) is 0 Å². The highest BCUT2D eigenvalue weighted by molar-refractivity contribution is 6.29. The van der Waals surface area contributed by atoms with Crippen LogP contribution in [-0.2, 0) is 0 Å². The first-order chi connectivity index (χ1) is 30.4. The van der Waals surface area contributed by atoms with Gasteiger partial charge in [0.05, 0.1) is 38.6 Å². The number of nitrogens with zero attached hydrogens (tertiary/aromatic N) is 4. The molecule has 0 spiro atoms. The summed E-state index contributed by atoms with van der Waals surface area (Å²) in [6, 6.07) is 63.8. The Morgan fingerprint density at radius 3 is 0.914 bits per heavy atom. The standard InChI is InChI=1S/C54H34N4/c1-5-15-35(16-6-1)55(36-17-7-2-8-18-36)39-27-29-49-45(31-39)41-23-13-25-43-47-34-52-48(33-51(47)57(49)53(41)43)44-26-14-24-42-46-32-40(28-30-50(46)58(52)54(42)44)56(37-19-9-3-10-20-37)38-21-11-4-12-22-38/h1-34H/i1D,2D,3D,4D. The minimum atomic E-state index is 0.462. The molecule has 9 aromatic carbocycles. The molecule has 4 nitrogen and oxygen atoms in total. The van der Waals surface area contributed by atoms with Crippen LogP contribution in [0.1, 0.15) is 5.48 Å². The summed E-state index contributed by atoms with van der Waals surface area (Å²) in [6.45, 7) is 0. The third-order valence-corrected chi connectivity index (χ3v) is 12.1. The van der Waals surface area contributed by atoms with Crippen LogP contribution in [0.3, 0.4) is 0 Å². The van der Waals surface area contributed by atoms with Crippen molar-refractivity contribution in [2.45, 2.75) is 0 Å². The third kappa shape index (κ3) is 4.29. The zero-order valence-electron chi connectivity index (χ0n) is 35.1. The lowest BCUT2D eigenvalue weighted by atomic mass is 10.0. The first-order valence-corrected chi connectivity index (χ1v) is 19.6. The van der Waals surface area contributed by atoms with Gasteiger partial charge in [0.25, 0.3) is 0 Å². The summed E-state index contributed by atoms with van der Waals surface area (Å²) in [5.41, 5.74) is 12.9. The third-order valence-electron chi connectivity index (χ3n) is 12.1. The second-order valence-corrected chi connectivity index (χ2v) is 15.1. The molecule has 0 radical (unpaired) electrons. The molecule has 13 rings (SSSR count). The van der Waals surface area contributed by atoms with Crippen LogP contribution in [0.4, 0.5) is 34.1 Å². The van der Waals surface area contributed by atoms with Crippen LogP contribution in [0.2, 0.25) is 0 Å². The Bertz CT molecular complexity index is 3540. The Kier molecular flexibility index (Phi) is 5.66. The van der Waals surface area contributed by atoms with Crippen molar-refractivity contribution in [1.82, 2.24) is 8.80 Å². The fraction of sp³-hybridized carbons (Fsp3) is 0. The summed E-state index contributed by atoms with van der Waals surface area (Å²) >= 11 is 0. The van der Waals surface area contributed by atoms with Crippen molar-refractivity contribution in [1.29, 1.82) is 0 Å². The van der Waals surface area contributed by atoms with Crippen LogP contribution in [-0.4, -0.2) is 8.80 Å². The number of hydrogen-bond donors (Lipinski definition) is 0. The van der Waals surface area contributed by atoms with Crippen molar-refractivity contribution in [2.24, 2.45) is 0 Å². The van der Waals surface area contributed by atoms with Gasteiger partial charge < -0.3 is 18.6 Å². The van der Waals surface area contributed by atoms with Gasteiger partial charge in [-0.3, -0.25) is 0 Å². The Morgan fingerprint density at radius 2 is 0.586 bits per heavy atom. The monoisotopic (exact) mass is 742 g/mol. The van der Waals surface area contributed by atoms with E-state index < -0.39 is 0 Å². The van der Waals surface area contributed by atoms with Crippen LogP contribution < -0.4 is 9.80 Å². The van der Waals surface area contributed by atoms with Crippen molar-refractivity contribution < 1.29 is 5.48 Å². The van der Waals surface area contributed by atoms with Crippen molar-refractivity contribution in [3.8, 4) is 0 Å². The average Bonchev–Trinajstić information content (AvgIpc) is 4.02. The maximum Gasteiger partial charge on any atom is 0.0623 e. The number of anilines is 6. The maximum atomic E-state index is 8.13. The van der Waals surface area contributed by atoms with Crippen LogP contribution >= 0.6 is 0 Å². The molecule has 0 aliphatic carbocycles. The summed E-state index contributed by atoms with van der Waals surface area (Å²) < 4.78 is 37.4. The van der Waals surface area contributed by atoms with Gasteiger partial charge in [-0.25, -0.2) is 0 Å². The lowest BCUT2D eigenvalue weighted by Crippen LogP contribution is -2.09. The molecular weight excluding hydrogens is 705 g/mol. The predicted molar refractivity (Wildman–Crippen MR) is 245 cm³/mol. The number of aromatic nitrogens is 2. The van der Waals surface area contributed by atoms with Gasteiger partial charge in [0.2, 0.25) is 0 Å². The highest BCUT2D eigenvalue weighted by Gasteiger charge is 2.24. The predicted octanol–water partition coefficient (Wildman–Crippen LogP) is 14.9. The average molecular weight is 743 g/mol. The number of benzene rings is 9. The van der Waals surface area contributed by atoms with E-state index in [0.717, 1.165) is 45.2 Å². The Hall–Kier alpha value is -7.82. The molecule has 4 heteroatoms. The molecule has 4 heterocycles. The molecule has 0 N–H and O–H groups in total. The number of para-hydroxylation sites is 6. The normalized spacial score (nSPS) is 13.1. The van der Waals surface area contributed by atoms with Gasteiger partial charge in [-0.2, -0.15) is 0 Å². The minimum absolute atomic E-state index is 0.462. The molecule has 0 saturated carbocycles. The minimum Gasteiger partial charge on any atom is -0.310 e. The zero-order valence-corrected chi connectivity index (χ0v) is 31.1. The highest BCUT2D eigenvalue weighted by atomic mass is 15.1. The Labute approximate surface area is 339 Å². The van der Waals surface area contributed by atoms with Gasteiger partial charge in [-0.15, -0.1) is 0 Å². The van der Waals surface area contributed by atoms with Crippen molar-refractivity contribution >= 4 is 110 Å². The largest absolute Gasteiger partial charge is 0.310 e. The highest BCUT2D eigenvalue weighted by Crippen LogP contribution is 2.47. The number of fused-ring (bicyclic) bond motifs is 12. The molecular formula is C54H34N4. The van der Waals surface area contributed by atoms with Crippen molar-refractivity contribution in [3.63, 3.8) is 0 Å². The molecule has 0 atom stereocenters. The molecule has 0 aliphatic heterocycles. The maximum absolute atomic E-state index is 8.13. The second-order valence-electron chi connectivity index (χ2n) is 15.1. The second kappa shape index (κ2) is 11.8. The van der Waals surface area contributed by atoms with Crippen LogP contribution in [0.25, 0.3) is 76.2 Å². The molecule has 4 aromatic heterocycles. The van der Waals surface area contributed by atoms with Gasteiger partial charge in [0, 0.05) is 77.2 Å². The number of hydrogen-bond acceptors (Lipinski definition) is 2. The molecule has 0 bridgehead atoms. The smallest absolute Gasteiger partial charge is 0.0623 e. The molecule has 0 fully saturated rings. The van der Waals surface area contributed by atoms with Gasteiger partial charge >= 0.3 is 0 Å². The topological polar surface area (TPSA) is 15.3 Å². The zero-order chi connectivity index (χ0) is 41.4. The van der Waals surface area contributed by atoms with E-state index in [2.05, 4.69) is 104 Å². The molecule has 13 aromatic rings. The molecule has 58 heavy (non-hydrogen) atoms. The molecule has 270 valence electrons. The van der Waals surface area contributed by atoms with Crippen molar-refractivity contribution in [2.75, 3.05) is 9.80 Å². The summed E-state index contributed by atoms with van der Waals surface area (Å²) in [4.78, 5) is 4.40. The summed E-state index contributed by atoms with van der Waals surface area (Å²) in [7, 11) is 0. The first kappa shape index (κ1) is 27.7. The number of rotatable bonds is 6. The van der Waals surface area contributed by atoms with E-state index in [-0.39, 0.29) is 0 Å². The van der Waals surface area contributed by atoms with E-state index in [0.29, 0.717) is 24.2 Å². The molecule has 0 aliphatic rings. The van der Waals surface area contributed by atoms with E-state index >= 15 is 0 Å². The Morgan fingerprint density at radius 1 is 0.276 bits per heavy atom. The van der Waals surface area contributed by atoms with Crippen molar-refractivity contribution in [3.05, 3.63) is 206 Å². The van der Waals surface area contributed by atoms with E-state index in [1.165, 1.54) is 65.2 Å². The summed E-state index contributed by atoms with van der Waals surface area (Å²) in [6.07, 6.45) is 0. The molecule has 0 saturated heterocycles. The van der Waals surface area contributed by atoms with Gasteiger partial charge in [-0.1, -0.05) is 109 Å². The van der Waals surface area contributed by atoms with E-state index in [4.69, 9.17) is 5.48 Å². The van der Waals surface area contributed by atoms with E-state index in [1.807, 2.05) is 97.1 Å². The van der Waals surface area contributed by atoms with Gasteiger partial charge in [0.15, 0.2) is 0 Å². The SMILES string of the molecule is [2H]c1ccc(N(c2ccc([2H])cc2)c2ccc3c(c2)c2cccc4c5cc6c(cc5n3c24)c2cccc3c4cc(N(c5ccc([2H])cc5)c5ccc([2H])cc5)ccc4n6c32)cc1. The van der Waals surface area contributed by atoms with Crippen LogP contribution in [0.5, 0.6) is 0 Å². The summed E-state index contributed by atoms with van der Waals surface area (Å²) in [5, 5.41) is 9.57. The fourth-order valence-electron chi connectivity index (χ4n) is 9.71. The summed E-state index contributed by atoms with van der Waals surface area (Å²) in [5.74, 6) is 0. The lowest BCUT2D eigenvalue weighted by Gasteiger charge is -2.25. The molecule has 0 amide bonds. The lowest BCUT2D eigenvalue weighted by molar-refractivity contribution is 1.28. The first-order valence-electron chi connectivity index (χ1n) is 21.6. The van der Waals surface area contributed by atoms with Crippen LogP contribution in [0.15, 0.2) is 206 Å². The Balaban J connectivity index is 1.02.